The minimum absolute atomic E-state index is 0.504. The molecule has 0 spiro atoms. The van der Waals surface area contributed by atoms with Gasteiger partial charge in [0.15, 0.2) is 11.5 Å². The largest absolute Gasteiger partial charge is 0.425 e. The predicted octanol–water partition coefficient (Wildman–Crippen LogP) is 4.64. The standard InChI is InChI=1S/C21H22N6O/c1-4-22-18-14(2)11-13-23-19(18)25-15-7-9-16(10-8-15)28-21-26-17-6-5-12-24-20(17)27(21)3/h5-13,22H,4H2,1-3H3,(H,23,25). The molecule has 0 saturated heterocycles. The molecule has 3 aromatic heterocycles. The molecule has 142 valence electrons. The molecule has 0 aliphatic carbocycles. The zero-order valence-electron chi connectivity index (χ0n) is 16.1. The lowest BCUT2D eigenvalue weighted by Gasteiger charge is -2.14. The lowest BCUT2D eigenvalue weighted by atomic mass is 10.2. The number of aryl methyl sites for hydroxylation is 2. The molecule has 28 heavy (non-hydrogen) atoms. The van der Waals surface area contributed by atoms with Crippen LogP contribution in [0.1, 0.15) is 12.5 Å². The van der Waals surface area contributed by atoms with Crippen LogP contribution in [0.4, 0.5) is 17.2 Å². The van der Waals surface area contributed by atoms with Crippen molar-refractivity contribution in [3.8, 4) is 11.8 Å². The highest BCUT2D eigenvalue weighted by Crippen LogP contribution is 2.28. The van der Waals surface area contributed by atoms with Crippen molar-refractivity contribution in [2.45, 2.75) is 13.8 Å². The van der Waals surface area contributed by atoms with E-state index in [1.165, 1.54) is 0 Å². The molecule has 4 rings (SSSR count). The molecule has 2 N–H and O–H groups in total. The summed E-state index contributed by atoms with van der Waals surface area (Å²) in [5.41, 5.74) is 4.68. The second-order valence-corrected chi connectivity index (χ2v) is 6.43. The summed E-state index contributed by atoms with van der Waals surface area (Å²) >= 11 is 0. The van der Waals surface area contributed by atoms with Crippen molar-refractivity contribution in [2.24, 2.45) is 7.05 Å². The fourth-order valence-corrected chi connectivity index (χ4v) is 3.00. The van der Waals surface area contributed by atoms with Gasteiger partial charge in [0.1, 0.15) is 11.3 Å². The van der Waals surface area contributed by atoms with Crippen LogP contribution in [0.5, 0.6) is 11.8 Å². The lowest BCUT2D eigenvalue weighted by molar-refractivity contribution is 0.427. The summed E-state index contributed by atoms with van der Waals surface area (Å²) in [5.74, 6) is 1.50. The number of fused-ring (bicyclic) bond motifs is 1. The molecule has 0 aliphatic heterocycles. The van der Waals surface area contributed by atoms with Gasteiger partial charge >= 0.3 is 6.01 Å². The van der Waals surface area contributed by atoms with Crippen LogP contribution in [-0.4, -0.2) is 26.1 Å². The number of aromatic nitrogens is 4. The molecule has 0 fully saturated rings. The fourth-order valence-electron chi connectivity index (χ4n) is 3.00. The maximum atomic E-state index is 5.94. The Kier molecular flexibility index (Phi) is 4.80. The summed E-state index contributed by atoms with van der Waals surface area (Å²) in [4.78, 5) is 13.3. The first-order valence-electron chi connectivity index (χ1n) is 9.17. The monoisotopic (exact) mass is 374 g/mol. The number of ether oxygens (including phenoxy) is 1. The summed E-state index contributed by atoms with van der Waals surface area (Å²) in [5, 5.41) is 6.72. The summed E-state index contributed by atoms with van der Waals surface area (Å²) < 4.78 is 7.77. The Balaban J connectivity index is 1.53. The molecule has 1 aromatic carbocycles. The lowest BCUT2D eigenvalue weighted by Crippen LogP contribution is -2.05. The third kappa shape index (κ3) is 3.46. The Morgan fingerprint density at radius 3 is 2.61 bits per heavy atom. The van der Waals surface area contributed by atoms with Gasteiger partial charge in [0, 0.05) is 31.7 Å². The Labute approximate surface area is 163 Å². The summed E-state index contributed by atoms with van der Waals surface area (Å²) in [7, 11) is 1.89. The van der Waals surface area contributed by atoms with Gasteiger partial charge in [-0.25, -0.2) is 9.97 Å². The molecule has 0 unspecified atom stereocenters. The van der Waals surface area contributed by atoms with Crippen LogP contribution in [0, 0.1) is 6.92 Å². The number of hydrogen-bond donors (Lipinski definition) is 2. The first-order chi connectivity index (χ1) is 13.7. The van der Waals surface area contributed by atoms with Crippen LogP contribution < -0.4 is 15.4 Å². The van der Waals surface area contributed by atoms with Gasteiger partial charge in [0.05, 0.1) is 5.69 Å². The molecule has 0 radical (unpaired) electrons. The Morgan fingerprint density at radius 2 is 1.86 bits per heavy atom. The first kappa shape index (κ1) is 17.8. The topological polar surface area (TPSA) is 76.9 Å². The zero-order chi connectivity index (χ0) is 19.5. The molecule has 0 bridgehead atoms. The van der Waals surface area contributed by atoms with Crippen molar-refractivity contribution in [1.29, 1.82) is 0 Å². The van der Waals surface area contributed by atoms with Gasteiger partial charge in [-0.15, -0.1) is 0 Å². The Bertz CT molecular complexity index is 1100. The molecule has 4 aromatic rings. The Hall–Kier alpha value is -3.61. The smallest absolute Gasteiger partial charge is 0.303 e. The minimum atomic E-state index is 0.504. The quantitative estimate of drug-likeness (QED) is 0.512. The van der Waals surface area contributed by atoms with Gasteiger partial charge in [0.2, 0.25) is 0 Å². The van der Waals surface area contributed by atoms with Crippen molar-refractivity contribution in [2.75, 3.05) is 17.2 Å². The van der Waals surface area contributed by atoms with Gasteiger partial charge in [0.25, 0.3) is 0 Å². The summed E-state index contributed by atoms with van der Waals surface area (Å²) in [6.45, 7) is 4.97. The van der Waals surface area contributed by atoms with E-state index in [9.17, 15) is 0 Å². The molecule has 0 atom stereocenters. The van der Waals surface area contributed by atoms with Crippen LogP contribution in [0.2, 0.25) is 0 Å². The average Bonchev–Trinajstić information content (AvgIpc) is 3.02. The number of hydrogen-bond acceptors (Lipinski definition) is 6. The molecule has 7 nitrogen and oxygen atoms in total. The molecule has 0 aliphatic rings. The number of nitrogens with one attached hydrogen (secondary N) is 2. The van der Waals surface area contributed by atoms with Crippen LogP contribution >= 0.6 is 0 Å². The number of rotatable bonds is 6. The van der Waals surface area contributed by atoms with Gasteiger partial charge in [-0.1, -0.05) is 0 Å². The number of nitrogens with zero attached hydrogens (tertiary/aromatic N) is 4. The van der Waals surface area contributed by atoms with Crippen molar-refractivity contribution in [3.05, 3.63) is 60.4 Å². The molecular formula is C21H22N6O. The molecule has 0 amide bonds. The predicted molar refractivity (Wildman–Crippen MR) is 111 cm³/mol. The van der Waals surface area contributed by atoms with Crippen molar-refractivity contribution in [1.82, 2.24) is 19.5 Å². The van der Waals surface area contributed by atoms with Crippen molar-refractivity contribution >= 4 is 28.4 Å². The van der Waals surface area contributed by atoms with Crippen molar-refractivity contribution < 1.29 is 4.74 Å². The first-order valence-corrected chi connectivity index (χ1v) is 9.17. The van der Waals surface area contributed by atoms with E-state index in [0.717, 1.165) is 40.5 Å². The number of benzene rings is 1. The SMILES string of the molecule is CCNc1c(C)ccnc1Nc1ccc(Oc2nc3cccnc3n2C)cc1. The van der Waals surface area contributed by atoms with E-state index < -0.39 is 0 Å². The number of anilines is 3. The highest BCUT2D eigenvalue weighted by atomic mass is 16.5. The van der Waals surface area contributed by atoms with E-state index >= 15 is 0 Å². The molecule has 7 heteroatoms. The third-order valence-corrected chi connectivity index (χ3v) is 4.43. The average molecular weight is 374 g/mol. The van der Waals surface area contributed by atoms with Gasteiger partial charge in [-0.05, 0) is 61.9 Å². The van der Waals surface area contributed by atoms with E-state index in [-0.39, 0.29) is 0 Å². The van der Waals surface area contributed by atoms with E-state index in [0.29, 0.717) is 11.8 Å². The van der Waals surface area contributed by atoms with Crippen LogP contribution in [0.25, 0.3) is 11.2 Å². The van der Waals surface area contributed by atoms with Gasteiger partial charge in [-0.3, -0.25) is 4.57 Å². The summed E-state index contributed by atoms with van der Waals surface area (Å²) in [6.07, 6.45) is 3.55. The minimum Gasteiger partial charge on any atom is -0.425 e. The Morgan fingerprint density at radius 1 is 1.04 bits per heavy atom. The maximum Gasteiger partial charge on any atom is 0.303 e. The van der Waals surface area contributed by atoms with E-state index in [4.69, 9.17) is 4.74 Å². The fraction of sp³-hybridized carbons (Fsp3) is 0.190. The summed E-state index contributed by atoms with van der Waals surface area (Å²) in [6, 6.07) is 14.0. The zero-order valence-corrected chi connectivity index (χ0v) is 16.1. The molecule has 3 heterocycles. The number of pyridine rings is 2. The van der Waals surface area contributed by atoms with E-state index in [2.05, 4.69) is 39.4 Å². The highest BCUT2D eigenvalue weighted by Gasteiger charge is 2.11. The van der Waals surface area contributed by atoms with Gasteiger partial charge in [-0.2, -0.15) is 4.98 Å². The third-order valence-electron chi connectivity index (χ3n) is 4.43. The highest BCUT2D eigenvalue weighted by molar-refractivity contribution is 5.74. The second kappa shape index (κ2) is 7.56. The molecular weight excluding hydrogens is 352 g/mol. The van der Waals surface area contributed by atoms with Gasteiger partial charge < -0.3 is 15.4 Å². The van der Waals surface area contributed by atoms with Crippen LogP contribution in [0.15, 0.2) is 54.9 Å². The second-order valence-electron chi connectivity index (χ2n) is 6.43. The normalized spacial score (nSPS) is 10.8. The maximum absolute atomic E-state index is 5.94. The number of imidazole rings is 1. The van der Waals surface area contributed by atoms with E-state index in [1.54, 1.807) is 12.4 Å². The van der Waals surface area contributed by atoms with E-state index in [1.807, 2.05) is 54.1 Å². The van der Waals surface area contributed by atoms with Crippen molar-refractivity contribution in [3.63, 3.8) is 0 Å². The van der Waals surface area contributed by atoms with Crippen LogP contribution in [-0.2, 0) is 7.05 Å². The molecule has 0 saturated carbocycles. The van der Waals surface area contributed by atoms with Crippen LogP contribution in [0.3, 0.4) is 0 Å².